The molecule has 166 valence electrons. The summed E-state index contributed by atoms with van der Waals surface area (Å²) in [4.78, 5) is 4.68. The molecule has 0 saturated carbocycles. The Bertz CT molecular complexity index is 1080. The van der Waals surface area contributed by atoms with Crippen molar-refractivity contribution < 1.29 is 0 Å². The number of nitrogens with zero attached hydrogens (tertiary/aromatic N) is 1. The molecule has 2 N–H and O–H groups in total. The zero-order valence-corrected chi connectivity index (χ0v) is 19.7. The summed E-state index contributed by atoms with van der Waals surface area (Å²) in [6.45, 7) is 9.42. The highest BCUT2D eigenvalue weighted by molar-refractivity contribution is 5.75. The topological polar surface area (TPSA) is 38.9 Å². The molecule has 2 aromatic rings. The summed E-state index contributed by atoms with van der Waals surface area (Å²) in [6, 6.07) is 8.88. The molecule has 32 heavy (non-hydrogen) atoms. The number of pyridine rings is 1. The van der Waals surface area contributed by atoms with Gasteiger partial charge in [-0.15, -0.1) is 0 Å². The molecule has 1 atom stereocenters. The molecule has 0 bridgehead atoms. The Labute approximate surface area is 193 Å². The Morgan fingerprint density at radius 1 is 1.16 bits per heavy atom. The quantitative estimate of drug-likeness (QED) is 0.427. The first kappa shape index (κ1) is 22.5. The molecule has 1 heterocycles. The van der Waals surface area contributed by atoms with E-state index in [-0.39, 0.29) is 0 Å². The second-order valence-electron chi connectivity index (χ2n) is 9.38. The van der Waals surface area contributed by atoms with Gasteiger partial charge in [0.2, 0.25) is 0 Å². The molecule has 4 rings (SSSR count). The summed E-state index contributed by atoms with van der Waals surface area (Å²) in [6.07, 6.45) is 18.9. The zero-order valence-electron chi connectivity index (χ0n) is 19.7. The first-order valence-electron chi connectivity index (χ1n) is 12.1. The van der Waals surface area contributed by atoms with Crippen LogP contribution in [0.3, 0.4) is 0 Å². The largest absolute Gasteiger partial charge is 0.326 e. The maximum absolute atomic E-state index is 5.89. The molecule has 0 fully saturated rings. The molecule has 0 spiro atoms. The molecule has 1 aromatic heterocycles. The van der Waals surface area contributed by atoms with Crippen molar-refractivity contribution in [2.45, 2.75) is 65.3 Å². The predicted octanol–water partition coefficient (Wildman–Crippen LogP) is 7.35. The van der Waals surface area contributed by atoms with Crippen molar-refractivity contribution in [1.29, 1.82) is 0 Å². The normalized spacial score (nSPS) is 17.2. The van der Waals surface area contributed by atoms with E-state index in [2.05, 4.69) is 67.9 Å². The van der Waals surface area contributed by atoms with Gasteiger partial charge in [-0.05, 0) is 96.0 Å². The minimum absolute atomic E-state index is 0.542. The molecule has 2 heteroatoms. The van der Waals surface area contributed by atoms with Crippen molar-refractivity contribution >= 4 is 6.08 Å². The van der Waals surface area contributed by atoms with E-state index in [1.165, 1.54) is 45.4 Å². The molecule has 1 aromatic carbocycles. The van der Waals surface area contributed by atoms with Crippen molar-refractivity contribution in [3.8, 4) is 11.3 Å². The van der Waals surface area contributed by atoms with Gasteiger partial charge < -0.3 is 5.73 Å². The van der Waals surface area contributed by atoms with Crippen LogP contribution >= 0.6 is 0 Å². The van der Waals surface area contributed by atoms with Crippen LogP contribution < -0.4 is 5.73 Å². The Morgan fingerprint density at radius 2 is 2.03 bits per heavy atom. The van der Waals surface area contributed by atoms with E-state index in [1.807, 2.05) is 12.3 Å². The first-order chi connectivity index (χ1) is 15.6. The number of nitrogens with two attached hydrogens (primary N) is 1. The molecule has 0 amide bonds. The Kier molecular flexibility index (Phi) is 7.22. The lowest BCUT2D eigenvalue weighted by Gasteiger charge is -2.21. The second-order valence-corrected chi connectivity index (χ2v) is 9.38. The van der Waals surface area contributed by atoms with Gasteiger partial charge in [-0.25, -0.2) is 0 Å². The first-order valence-corrected chi connectivity index (χ1v) is 12.1. The molecular weight excluding hydrogens is 388 g/mol. The fraction of sp³-hybridized carbons (Fsp3) is 0.367. The number of aryl methyl sites for hydroxylation is 1. The van der Waals surface area contributed by atoms with Gasteiger partial charge in [0.25, 0.3) is 0 Å². The van der Waals surface area contributed by atoms with Gasteiger partial charge in [0.1, 0.15) is 0 Å². The number of aromatic nitrogens is 1. The minimum Gasteiger partial charge on any atom is -0.326 e. The Morgan fingerprint density at radius 3 is 2.84 bits per heavy atom. The fourth-order valence-electron chi connectivity index (χ4n) is 4.96. The lowest BCUT2D eigenvalue weighted by Crippen LogP contribution is -2.05. The predicted molar refractivity (Wildman–Crippen MR) is 137 cm³/mol. The lowest BCUT2D eigenvalue weighted by atomic mass is 9.84. The monoisotopic (exact) mass is 424 g/mol. The fourth-order valence-corrected chi connectivity index (χ4v) is 4.96. The molecule has 2 aliphatic carbocycles. The highest BCUT2D eigenvalue weighted by Crippen LogP contribution is 2.35. The number of fused-ring (bicyclic) bond motifs is 1. The van der Waals surface area contributed by atoms with E-state index < -0.39 is 0 Å². The zero-order chi connectivity index (χ0) is 22.5. The average Bonchev–Trinajstić information content (AvgIpc) is 3.27. The molecule has 0 saturated heterocycles. The van der Waals surface area contributed by atoms with Gasteiger partial charge in [0.15, 0.2) is 0 Å². The van der Waals surface area contributed by atoms with Crippen molar-refractivity contribution in [3.05, 3.63) is 94.2 Å². The Balaban J connectivity index is 1.56. The van der Waals surface area contributed by atoms with E-state index >= 15 is 0 Å². The molecule has 0 radical (unpaired) electrons. The van der Waals surface area contributed by atoms with Crippen molar-refractivity contribution in [3.63, 3.8) is 0 Å². The van der Waals surface area contributed by atoms with Crippen LogP contribution in [0.15, 0.2) is 72.0 Å². The van der Waals surface area contributed by atoms with Crippen LogP contribution in [0.2, 0.25) is 0 Å². The molecule has 2 nitrogen and oxygen atoms in total. The average molecular weight is 425 g/mol. The SMILES string of the molecule is C=C(CCC)CC1=CC(C)CC=C1CCc1cc2c(c(-c3cc(CN)ccn3)c1)CC=C2. The van der Waals surface area contributed by atoms with Crippen LogP contribution in [0, 0.1) is 5.92 Å². The van der Waals surface area contributed by atoms with Crippen molar-refractivity contribution in [2.75, 3.05) is 0 Å². The van der Waals surface area contributed by atoms with Crippen LogP contribution in [0.25, 0.3) is 17.3 Å². The molecule has 0 aliphatic heterocycles. The summed E-state index contributed by atoms with van der Waals surface area (Å²) in [5.74, 6) is 0.626. The second kappa shape index (κ2) is 10.3. The van der Waals surface area contributed by atoms with E-state index in [9.17, 15) is 0 Å². The molecule has 1 unspecified atom stereocenters. The third-order valence-electron chi connectivity index (χ3n) is 6.66. The van der Waals surface area contributed by atoms with Crippen LogP contribution in [0.5, 0.6) is 0 Å². The van der Waals surface area contributed by atoms with Crippen LogP contribution in [0.4, 0.5) is 0 Å². The van der Waals surface area contributed by atoms with E-state index in [0.717, 1.165) is 49.8 Å². The van der Waals surface area contributed by atoms with Gasteiger partial charge >= 0.3 is 0 Å². The number of rotatable bonds is 9. The van der Waals surface area contributed by atoms with Gasteiger partial charge in [0, 0.05) is 18.3 Å². The van der Waals surface area contributed by atoms with Crippen molar-refractivity contribution in [2.24, 2.45) is 11.7 Å². The standard InChI is InChI=1S/C30H36N2/c1-4-6-21(2)15-27-16-22(3)9-11-25(27)12-10-23-17-26-7-5-8-28(26)29(18-23)30-19-24(20-31)13-14-32-30/h5,7,11,13-14,16-19,22H,2,4,6,8-10,12,15,20,31H2,1,3H3. The smallest absolute Gasteiger partial charge is 0.0708 e. The Hall–Kier alpha value is -2.71. The van der Waals surface area contributed by atoms with Gasteiger partial charge in [-0.2, -0.15) is 0 Å². The van der Waals surface area contributed by atoms with Gasteiger partial charge in [0.05, 0.1) is 5.69 Å². The van der Waals surface area contributed by atoms with Gasteiger partial charge in [-0.3, -0.25) is 4.98 Å². The molecular formula is C30H36N2. The third kappa shape index (κ3) is 5.19. The third-order valence-corrected chi connectivity index (χ3v) is 6.66. The van der Waals surface area contributed by atoms with Crippen LogP contribution in [-0.2, 0) is 19.4 Å². The number of hydrogen-bond donors (Lipinski definition) is 1. The summed E-state index contributed by atoms with van der Waals surface area (Å²) in [7, 11) is 0. The summed E-state index contributed by atoms with van der Waals surface area (Å²) >= 11 is 0. The summed E-state index contributed by atoms with van der Waals surface area (Å²) in [5, 5.41) is 0. The van der Waals surface area contributed by atoms with Crippen molar-refractivity contribution in [1.82, 2.24) is 4.98 Å². The van der Waals surface area contributed by atoms with E-state index in [4.69, 9.17) is 5.73 Å². The maximum atomic E-state index is 5.89. The van der Waals surface area contributed by atoms with Crippen LogP contribution in [-0.4, -0.2) is 4.98 Å². The summed E-state index contributed by atoms with van der Waals surface area (Å²) in [5.41, 5.74) is 17.8. The number of allylic oxidation sites excluding steroid dienone is 6. The maximum Gasteiger partial charge on any atom is 0.0708 e. The highest BCUT2D eigenvalue weighted by Gasteiger charge is 2.17. The van der Waals surface area contributed by atoms with Crippen LogP contribution in [0.1, 0.15) is 68.2 Å². The highest BCUT2D eigenvalue weighted by atomic mass is 14.7. The minimum atomic E-state index is 0.542. The van der Waals surface area contributed by atoms with E-state index in [0.29, 0.717) is 12.5 Å². The lowest BCUT2D eigenvalue weighted by molar-refractivity contribution is 0.704. The summed E-state index contributed by atoms with van der Waals surface area (Å²) < 4.78 is 0. The number of hydrogen-bond acceptors (Lipinski definition) is 2. The number of benzene rings is 1. The van der Waals surface area contributed by atoms with E-state index in [1.54, 1.807) is 0 Å². The van der Waals surface area contributed by atoms with Gasteiger partial charge in [-0.1, -0.05) is 62.8 Å². The molecule has 2 aliphatic rings.